The second-order valence-electron chi connectivity index (χ2n) is 4.88. The summed E-state index contributed by atoms with van der Waals surface area (Å²) in [5.41, 5.74) is 0. The van der Waals surface area contributed by atoms with Gasteiger partial charge in [-0.1, -0.05) is 13.3 Å². The van der Waals surface area contributed by atoms with E-state index in [2.05, 4.69) is 46.5 Å². The lowest BCUT2D eigenvalue weighted by Crippen LogP contribution is -2.26. The van der Waals surface area contributed by atoms with E-state index in [9.17, 15) is 0 Å². The van der Waals surface area contributed by atoms with Crippen LogP contribution in [0.3, 0.4) is 0 Å². The topological polar surface area (TPSA) is 55.6 Å². The third kappa shape index (κ3) is 3.68. The minimum atomic E-state index is 0.230. The Kier molecular flexibility index (Phi) is 5.44. The van der Waals surface area contributed by atoms with Crippen LogP contribution in [0.15, 0.2) is 0 Å². The molecule has 0 aliphatic carbocycles. The molecule has 0 amide bonds. The molecule has 1 aromatic rings. The molecule has 2 heterocycles. The molecule has 0 radical (unpaired) electrons. The van der Waals surface area contributed by atoms with Crippen molar-refractivity contribution in [3.8, 4) is 0 Å². The lowest BCUT2D eigenvalue weighted by molar-refractivity contribution is 0.468. The molecule has 2 atom stereocenters. The van der Waals surface area contributed by atoms with Gasteiger partial charge in [-0.15, -0.1) is 5.10 Å². The highest BCUT2D eigenvalue weighted by atomic mass is 32.2. The average Bonchev–Trinajstić information content (AvgIpc) is 2.85. The summed E-state index contributed by atoms with van der Waals surface area (Å²) in [5.74, 6) is 2.25. The van der Waals surface area contributed by atoms with Crippen molar-refractivity contribution in [2.24, 2.45) is 0 Å². The van der Waals surface area contributed by atoms with Crippen molar-refractivity contribution >= 4 is 11.8 Å². The van der Waals surface area contributed by atoms with Gasteiger partial charge in [0.25, 0.3) is 0 Å². The molecule has 1 aliphatic rings. The molecule has 1 fully saturated rings. The molecule has 1 N–H and O–H groups in total. The van der Waals surface area contributed by atoms with Crippen molar-refractivity contribution in [2.45, 2.75) is 57.4 Å². The van der Waals surface area contributed by atoms with Crippen LogP contribution < -0.4 is 5.32 Å². The second kappa shape index (κ2) is 7.09. The van der Waals surface area contributed by atoms with Crippen LogP contribution in [0.5, 0.6) is 0 Å². The monoisotopic (exact) mass is 269 g/mol. The lowest BCUT2D eigenvalue weighted by atomic mass is 10.2. The van der Waals surface area contributed by atoms with Crippen LogP contribution in [-0.4, -0.2) is 37.8 Å². The van der Waals surface area contributed by atoms with Crippen molar-refractivity contribution < 1.29 is 0 Å². The summed E-state index contributed by atoms with van der Waals surface area (Å²) < 4.78 is 1.98. The Morgan fingerprint density at radius 3 is 3.11 bits per heavy atom. The van der Waals surface area contributed by atoms with E-state index < -0.39 is 0 Å². The maximum atomic E-state index is 4.16. The van der Waals surface area contributed by atoms with Gasteiger partial charge in [-0.05, 0) is 48.9 Å². The van der Waals surface area contributed by atoms with E-state index in [1.165, 1.54) is 25.0 Å². The normalized spacial score (nSPS) is 22.0. The van der Waals surface area contributed by atoms with Gasteiger partial charge in [0.15, 0.2) is 5.82 Å². The maximum Gasteiger partial charge on any atom is 0.167 e. The number of aromatic nitrogens is 4. The summed E-state index contributed by atoms with van der Waals surface area (Å²) in [6, 6.07) is 0.230. The van der Waals surface area contributed by atoms with Gasteiger partial charge in [0.1, 0.15) is 0 Å². The predicted molar refractivity (Wildman–Crippen MR) is 74.6 cm³/mol. The summed E-state index contributed by atoms with van der Waals surface area (Å²) in [7, 11) is 0. The third-order valence-electron chi connectivity index (χ3n) is 3.30. The van der Waals surface area contributed by atoms with Gasteiger partial charge in [-0.2, -0.15) is 11.8 Å². The van der Waals surface area contributed by atoms with Crippen LogP contribution >= 0.6 is 11.8 Å². The Labute approximate surface area is 113 Å². The zero-order valence-electron chi connectivity index (χ0n) is 11.3. The Morgan fingerprint density at radius 1 is 1.50 bits per heavy atom. The maximum absolute atomic E-state index is 4.16. The standard InChI is InChI=1S/C12H23N5S/c1-3-7-13-10(2)12-14-15-16-17(12)9-11-6-4-5-8-18-11/h10-11,13H,3-9H2,1-2H3. The minimum absolute atomic E-state index is 0.230. The van der Waals surface area contributed by atoms with Gasteiger partial charge in [0.2, 0.25) is 0 Å². The zero-order chi connectivity index (χ0) is 12.8. The molecule has 2 rings (SSSR count). The van der Waals surface area contributed by atoms with E-state index in [0.29, 0.717) is 5.25 Å². The molecule has 6 heteroatoms. The van der Waals surface area contributed by atoms with E-state index in [1.807, 2.05) is 4.68 Å². The predicted octanol–water partition coefficient (Wildman–Crippen LogP) is 2.02. The van der Waals surface area contributed by atoms with Crippen LogP contribution in [0.2, 0.25) is 0 Å². The van der Waals surface area contributed by atoms with Crippen LogP contribution in [0.25, 0.3) is 0 Å². The van der Waals surface area contributed by atoms with Gasteiger partial charge in [-0.25, -0.2) is 4.68 Å². The number of hydrogen-bond donors (Lipinski definition) is 1. The number of rotatable bonds is 6. The lowest BCUT2D eigenvalue weighted by Gasteiger charge is -2.22. The summed E-state index contributed by atoms with van der Waals surface area (Å²) in [6.45, 7) is 6.25. The first kappa shape index (κ1) is 13.8. The molecule has 1 saturated heterocycles. The van der Waals surface area contributed by atoms with Gasteiger partial charge in [0, 0.05) is 5.25 Å². The first-order chi connectivity index (χ1) is 8.81. The zero-order valence-corrected chi connectivity index (χ0v) is 12.1. The molecule has 5 nitrogen and oxygen atoms in total. The highest BCUT2D eigenvalue weighted by Gasteiger charge is 2.19. The Balaban J connectivity index is 1.93. The van der Waals surface area contributed by atoms with Gasteiger partial charge in [-0.3, -0.25) is 0 Å². The summed E-state index contributed by atoms with van der Waals surface area (Å²) >= 11 is 2.06. The number of nitrogens with one attached hydrogen (secondary N) is 1. The fraction of sp³-hybridized carbons (Fsp3) is 0.917. The molecule has 18 heavy (non-hydrogen) atoms. The van der Waals surface area contributed by atoms with E-state index in [1.54, 1.807) is 0 Å². The van der Waals surface area contributed by atoms with Crippen molar-refractivity contribution in [3.63, 3.8) is 0 Å². The molecular formula is C12H23N5S. The summed E-state index contributed by atoms with van der Waals surface area (Å²) in [5, 5.41) is 16.3. The highest BCUT2D eigenvalue weighted by molar-refractivity contribution is 7.99. The third-order valence-corrected chi connectivity index (χ3v) is 4.68. The van der Waals surface area contributed by atoms with Gasteiger partial charge in [0.05, 0.1) is 12.6 Å². The Hall–Kier alpha value is -0.620. The largest absolute Gasteiger partial charge is 0.307 e. The highest BCUT2D eigenvalue weighted by Crippen LogP contribution is 2.26. The first-order valence-corrected chi connectivity index (χ1v) is 7.97. The van der Waals surface area contributed by atoms with E-state index >= 15 is 0 Å². The quantitative estimate of drug-likeness (QED) is 0.856. The average molecular weight is 269 g/mol. The van der Waals surface area contributed by atoms with Crippen molar-refractivity contribution in [1.29, 1.82) is 0 Å². The number of hydrogen-bond acceptors (Lipinski definition) is 5. The van der Waals surface area contributed by atoms with Crippen molar-refractivity contribution in [1.82, 2.24) is 25.5 Å². The molecule has 1 aromatic heterocycles. The molecule has 102 valence electrons. The van der Waals surface area contributed by atoms with Gasteiger partial charge >= 0.3 is 0 Å². The van der Waals surface area contributed by atoms with Crippen LogP contribution in [0.4, 0.5) is 0 Å². The molecular weight excluding hydrogens is 246 g/mol. The fourth-order valence-electron chi connectivity index (χ4n) is 2.25. The Morgan fingerprint density at radius 2 is 2.39 bits per heavy atom. The molecule has 0 saturated carbocycles. The van der Waals surface area contributed by atoms with Crippen LogP contribution in [0.1, 0.15) is 51.4 Å². The van der Waals surface area contributed by atoms with Crippen LogP contribution in [0, 0.1) is 0 Å². The van der Waals surface area contributed by atoms with E-state index in [-0.39, 0.29) is 6.04 Å². The smallest absolute Gasteiger partial charge is 0.167 e. The molecule has 0 aromatic carbocycles. The second-order valence-corrected chi connectivity index (χ2v) is 6.29. The summed E-state index contributed by atoms with van der Waals surface area (Å²) in [6.07, 6.45) is 5.13. The molecule has 1 aliphatic heterocycles. The molecule has 0 bridgehead atoms. The SMILES string of the molecule is CCCNC(C)c1nnnn1CC1CCCCS1. The van der Waals surface area contributed by atoms with E-state index in [0.717, 1.165) is 25.3 Å². The van der Waals surface area contributed by atoms with Crippen molar-refractivity contribution in [2.75, 3.05) is 12.3 Å². The number of tetrazole rings is 1. The Bertz CT molecular complexity index is 348. The molecule has 2 unspecified atom stereocenters. The van der Waals surface area contributed by atoms with Crippen LogP contribution in [-0.2, 0) is 6.54 Å². The number of nitrogens with zero attached hydrogens (tertiary/aromatic N) is 4. The first-order valence-electron chi connectivity index (χ1n) is 6.92. The minimum Gasteiger partial charge on any atom is -0.307 e. The van der Waals surface area contributed by atoms with Gasteiger partial charge < -0.3 is 5.32 Å². The van der Waals surface area contributed by atoms with E-state index in [4.69, 9.17) is 0 Å². The fourth-order valence-corrected chi connectivity index (χ4v) is 3.53. The number of thioether (sulfide) groups is 1. The van der Waals surface area contributed by atoms with Crippen molar-refractivity contribution in [3.05, 3.63) is 5.82 Å². The summed E-state index contributed by atoms with van der Waals surface area (Å²) in [4.78, 5) is 0. The molecule has 0 spiro atoms.